The molecule has 1 rings (SSSR count). The van der Waals surface area contributed by atoms with Crippen molar-refractivity contribution >= 4 is 0 Å². The summed E-state index contributed by atoms with van der Waals surface area (Å²) >= 11 is 0. The summed E-state index contributed by atoms with van der Waals surface area (Å²) in [6.45, 7) is 5.75. The lowest BCUT2D eigenvalue weighted by Crippen LogP contribution is -2.04. The summed E-state index contributed by atoms with van der Waals surface area (Å²) in [6.07, 6.45) is 0. The standard InChI is InChI=1S/C13H20O2/c1-10(2)13-11(8-14-3)6-5-7-12(13)9-15-4/h5-7,10H,8-9H2,1-4H3. The van der Waals surface area contributed by atoms with Gasteiger partial charge in [-0.2, -0.15) is 0 Å². The van der Waals surface area contributed by atoms with Crippen molar-refractivity contribution in [3.05, 3.63) is 34.9 Å². The number of hydrogen-bond acceptors (Lipinski definition) is 2. The summed E-state index contributed by atoms with van der Waals surface area (Å²) in [6, 6.07) is 6.31. The molecular formula is C13H20O2. The van der Waals surface area contributed by atoms with Crippen LogP contribution in [0.5, 0.6) is 0 Å². The van der Waals surface area contributed by atoms with Gasteiger partial charge in [-0.25, -0.2) is 0 Å². The van der Waals surface area contributed by atoms with E-state index in [2.05, 4.69) is 32.0 Å². The van der Waals surface area contributed by atoms with Gasteiger partial charge in [-0.15, -0.1) is 0 Å². The topological polar surface area (TPSA) is 18.5 Å². The van der Waals surface area contributed by atoms with Crippen LogP contribution < -0.4 is 0 Å². The smallest absolute Gasteiger partial charge is 0.0715 e. The summed E-state index contributed by atoms with van der Waals surface area (Å²) in [4.78, 5) is 0. The van der Waals surface area contributed by atoms with E-state index < -0.39 is 0 Å². The van der Waals surface area contributed by atoms with Crippen LogP contribution in [-0.2, 0) is 22.7 Å². The van der Waals surface area contributed by atoms with Gasteiger partial charge in [0.1, 0.15) is 0 Å². The molecule has 0 saturated heterocycles. The Morgan fingerprint density at radius 3 is 1.80 bits per heavy atom. The summed E-state index contributed by atoms with van der Waals surface area (Å²) in [7, 11) is 3.46. The summed E-state index contributed by atoms with van der Waals surface area (Å²) in [5, 5.41) is 0. The molecule has 2 heteroatoms. The van der Waals surface area contributed by atoms with Crippen LogP contribution in [0.1, 0.15) is 36.5 Å². The Morgan fingerprint density at radius 1 is 1.00 bits per heavy atom. The molecule has 0 atom stereocenters. The van der Waals surface area contributed by atoms with E-state index in [0.29, 0.717) is 19.1 Å². The van der Waals surface area contributed by atoms with E-state index in [4.69, 9.17) is 9.47 Å². The van der Waals surface area contributed by atoms with Gasteiger partial charge in [-0.1, -0.05) is 32.0 Å². The average molecular weight is 208 g/mol. The van der Waals surface area contributed by atoms with E-state index in [-0.39, 0.29) is 0 Å². The Labute approximate surface area is 92.2 Å². The fraction of sp³-hybridized carbons (Fsp3) is 0.538. The molecule has 0 N–H and O–H groups in total. The molecule has 0 unspecified atom stereocenters. The van der Waals surface area contributed by atoms with Gasteiger partial charge in [-0.3, -0.25) is 0 Å². The summed E-state index contributed by atoms with van der Waals surface area (Å²) < 4.78 is 10.4. The van der Waals surface area contributed by atoms with Crippen LogP contribution in [0.25, 0.3) is 0 Å². The highest BCUT2D eigenvalue weighted by Crippen LogP contribution is 2.25. The molecule has 2 nitrogen and oxygen atoms in total. The van der Waals surface area contributed by atoms with Crippen molar-refractivity contribution in [3.8, 4) is 0 Å². The number of benzene rings is 1. The average Bonchev–Trinajstić information content (AvgIpc) is 2.18. The van der Waals surface area contributed by atoms with Crippen molar-refractivity contribution in [1.82, 2.24) is 0 Å². The minimum absolute atomic E-state index is 0.501. The first-order chi connectivity index (χ1) is 7.20. The normalized spacial score (nSPS) is 11.0. The Morgan fingerprint density at radius 2 is 1.47 bits per heavy atom. The first kappa shape index (κ1) is 12.2. The molecule has 1 aromatic rings. The molecule has 0 bridgehead atoms. The number of ether oxygens (including phenoxy) is 2. The fourth-order valence-electron chi connectivity index (χ4n) is 1.97. The van der Waals surface area contributed by atoms with E-state index in [1.165, 1.54) is 16.7 Å². The number of rotatable bonds is 5. The highest BCUT2D eigenvalue weighted by Gasteiger charge is 2.11. The van der Waals surface area contributed by atoms with E-state index >= 15 is 0 Å². The second-order valence-corrected chi connectivity index (χ2v) is 4.01. The second kappa shape index (κ2) is 5.89. The monoisotopic (exact) mass is 208 g/mol. The maximum Gasteiger partial charge on any atom is 0.0715 e. The third kappa shape index (κ3) is 3.05. The molecule has 0 spiro atoms. The van der Waals surface area contributed by atoms with Crippen LogP contribution in [-0.4, -0.2) is 14.2 Å². The molecule has 0 saturated carbocycles. The Hall–Kier alpha value is -0.860. The Balaban J connectivity index is 3.09. The lowest BCUT2D eigenvalue weighted by Gasteiger charge is -2.17. The van der Waals surface area contributed by atoms with E-state index in [1.807, 2.05) is 0 Å². The van der Waals surface area contributed by atoms with Crippen LogP contribution in [0.3, 0.4) is 0 Å². The van der Waals surface area contributed by atoms with Gasteiger partial charge < -0.3 is 9.47 Å². The lowest BCUT2D eigenvalue weighted by atomic mass is 9.92. The van der Waals surface area contributed by atoms with Crippen molar-refractivity contribution in [2.24, 2.45) is 0 Å². The molecule has 0 amide bonds. The first-order valence-electron chi connectivity index (χ1n) is 5.29. The molecule has 0 aliphatic rings. The van der Waals surface area contributed by atoms with Gasteiger partial charge in [-0.05, 0) is 22.6 Å². The van der Waals surface area contributed by atoms with E-state index in [1.54, 1.807) is 14.2 Å². The van der Waals surface area contributed by atoms with Gasteiger partial charge in [0.2, 0.25) is 0 Å². The zero-order chi connectivity index (χ0) is 11.3. The van der Waals surface area contributed by atoms with Gasteiger partial charge in [0.15, 0.2) is 0 Å². The summed E-state index contributed by atoms with van der Waals surface area (Å²) in [5.41, 5.74) is 3.89. The molecular weight excluding hydrogens is 188 g/mol. The molecule has 84 valence electrons. The van der Waals surface area contributed by atoms with Gasteiger partial charge >= 0.3 is 0 Å². The highest BCUT2D eigenvalue weighted by molar-refractivity contribution is 5.37. The lowest BCUT2D eigenvalue weighted by molar-refractivity contribution is 0.178. The third-order valence-electron chi connectivity index (χ3n) is 2.46. The molecule has 0 heterocycles. The Kier molecular flexibility index (Phi) is 4.79. The number of hydrogen-bond donors (Lipinski definition) is 0. The molecule has 15 heavy (non-hydrogen) atoms. The van der Waals surface area contributed by atoms with Crippen molar-refractivity contribution < 1.29 is 9.47 Å². The second-order valence-electron chi connectivity index (χ2n) is 4.01. The van der Waals surface area contributed by atoms with Crippen LogP contribution in [0.4, 0.5) is 0 Å². The maximum atomic E-state index is 5.21. The molecule has 1 aromatic carbocycles. The van der Waals surface area contributed by atoms with Gasteiger partial charge in [0.05, 0.1) is 13.2 Å². The predicted molar refractivity (Wildman–Crippen MR) is 62.0 cm³/mol. The van der Waals surface area contributed by atoms with Crippen LogP contribution in [0.15, 0.2) is 18.2 Å². The minimum atomic E-state index is 0.501. The minimum Gasteiger partial charge on any atom is -0.380 e. The zero-order valence-electron chi connectivity index (χ0n) is 10.0. The molecule has 0 aliphatic heterocycles. The van der Waals surface area contributed by atoms with Crippen molar-refractivity contribution in [2.45, 2.75) is 33.0 Å². The van der Waals surface area contributed by atoms with Crippen molar-refractivity contribution in [1.29, 1.82) is 0 Å². The number of methoxy groups -OCH3 is 2. The van der Waals surface area contributed by atoms with E-state index in [9.17, 15) is 0 Å². The largest absolute Gasteiger partial charge is 0.380 e. The fourth-order valence-corrected chi connectivity index (χ4v) is 1.97. The van der Waals surface area contributed by atoms with E-state index in [0.717, 1.165) is 0 Å². The third-order valence-corrected chi connectivity index (χ3v) is 2.46. The van der Waals surface area contributed by atoms with Gasteiger partial charge in [0, 0.05) is 14.2 Å². The zero-order valence-corrected chi connectivity index (χ0v) is 10.0. The summed E-state index contributed by atoms with van der Waals surface area (Å²) in [5.74, 6) is 0.501. The van der Waals surface area contributed by atoms with Crippen molar-refractivity contribution in [2.75, 3.05) is 14.2 Å². The highest BCUT2D eigenvalue weighted by atomic mass is 16.5. The van der Waals surface area contributed by atoms with Gasteiger partial charge in [0.25, 0.3) is 0 Å². The first-order valence-corrected chi connectivity index (χ1v) is 5.29. The van der Waals surface area contributed by atoms with Crippen LogP contribution in [0.2, 0.25) is 0 Å². The molecule has 0 aromatic heterocycles. The van der Waals surface area contributed by atoms with Crippen LogP contribution in [0, 0.1) is 0 Å². The SMILES string of the molecule is COCc1cccc(COC)c1C(C)C. The molecule has 0 aliphatic carbocycles. The predicted octanol–water partition coefficient (Wildman–Crippen LogP) is 3.10. The maximum absolute atomic E-state index is 5.21. The Bertz CT molecular complexity index is 281. The molecule has 0 radical (unpaired) electrons. The quantitative estimate of drug-likeness (QED) is 0.740. The molecule has 0 fully saturated rings. The van der Waals surface area contributed by atoms with Crippen molar-refractivity contribution in [3.63, 3.8) is 0 Å². The van der Waals surface area contributed by atoms with Crippen LogP contribution >= 0.6 is 0 Å².